The molecular formula is C13H15F3N2O2. The van der Waals surface area contributed by atoms with Gasteiger partial charge in [-0.1, -0.05) is 0 Å². The second kappa shape index (κ2) is 5.70. The standard InChI is InChI=1S/C13H15F3N2O2/c14-13(15,16)7-20-8-18-11-5-4-10(17)6-9(11)2-1-3-12(18)19/h4-6H,1-3,7-8,17H2. The number of hydrogen-bond acceptors (Lipinski definition) is 3. The molecule has 0 fully saturated rings. The van der Waals surface area contributed by atoms with Crippen LogP contribution in [0.25, 0.3) is 0 Å². The number of nitrogens with two attached hydrogens (primary N) is 1. The minimum Gasteiger partial charge on any atom is -0.399 e. The molecule has 2 N–H and O–H groups in total. The summed E-state index contributed by atoms with van der Waals surface area (Å²) in [6.45, 7) is -1.78. The van der Waals surface area contributed by atoms with E-state index in [-0.39, 0.29) is 12.3 Å². The summed E-state index contributed by atoms with van der Waals surface area (Å²) in [5.74, 6) is -0.240. The summed E-state index contributed by atoms with van der Waals surface area (Å²) >= 11 is 0. The van der Waals surface area contributed by atoms with E-state index in [0.29, 0.717) is 24.2 Å². The van der Waals surface area contributed by atoms with Crippen LogP contribution in [0.4, 0.5) is 24.5 Å². The molecule has 0 unspecified atom stereocenters. The largest absolute Gasteiger partial charge is 0.411 e. The maximum Gasteiger partial charge on any atom is 0.411 e. The molecule has 4 nitrogen and oxygen atoms in total. The number of nitrogens with zero attached hydrogens (tertiary/aromatic N) is 1. The molecule has 0 radical (unpaired) electrons. The highest BCUT2D eigenvalue weighted by molar-refractivity contribution is 5.94. The van der Waals surface area contributed by atoms with Crippen molar-refractivity contribution in [3.8, 4) is 0 Å². The molecule has 0 atom stereocenters. The van der Waals surface area contributed by atoms with Crippen LogP contribution in [0.15, 0.2) is 18.2 Å². The molecule has 7 heteroatoms. The Balaban J connectivity index is 2.16. The van der Waals surface area contributed by atoms with E-state index in [1.807, 2.05) is 0 Å². The van der Waals surface area contributed by atoms with Crippen molar-refractivity contribution >= 4 is 17.3 Å². The lowest BCUT2D eigenvalue weighted by molar-refractivity contribution is -0.174. The van der Waals surface area contributed by atoms with Crippen molar-refractivity contribution in [2.24, 2.45) is 0 Å². The molecule has 0 aliphatic carbocycles. The molecule has 1 aromatic rings. The van der Waals surface area contributed by atoms with Gasteiger partial charge in [0.1, 0.15) is 13.3 Å². The number of ether oxygens (including phenoxy) is 1. The van der Waals surface area contributed by atoms with Gasteiger partial charge in [0.15, 0.2) is 0 Å². The summed E-state index contributed by atoms with van der Waals surface area (Å²) in [6.07, 6.45) is -2.81. The minimum absolute atomic E-state index is 0.240. The van der Waals surface area contributed by atoms with E-state index in [2.05, 4.69) is 4.74 Å². The summed E-state index contributed by atoms with van der Waals surface area (Å²) in [6, 6.07) is 5.00. The number of carbonyl (C=O) groups is 1. The number of halogens is 3. The zero-order valence-electron chi connectivity index (χ0n) is 10.7. The van der Waals surface area contributed by atoms with Gasteiger partial charge in [-0.25, -0.2) is 0 Å². The fraction of sp³-hybridized carbons (Fsp3) is 0.462. The molecule has 20 heavy (non-hydrogen) atoms. The van der Waals surface area contributed by atoms with Crippen LogP contribution in [0.2, 0.25) is 0 Å². The van der Waals surface area contributed by atoms with Gasteiger partial charge in [0.2, 0.25) is 5.91 Å². The molecule has 0 spiro atoms. The van der Waals surface area contributed by atoms with Gasteiger partial charge in [-0.15, -0.1) is 0 Å². The van der Waals surface area contributed by atoms with Crippen LogP contribution in [-0.2, 0) is 16.0 Å². The average Bonchev–Trinajstić information content (AvgIpc) is 2.48. The topological polar surface area (TPSA) is 55.6 Å². The summed E-state index contributed by atoms with van der Waals surface area (Å²) < 4.78 is 40.9. The lowest BCUT2D eigenvalue weighted by Crippen LogP contribution is -2.34. The molecule has 0 saturated carbocycles. The number of amides is 1. The third-order valence-electron chi connectivity index (χ3n) is 3.02. The lowest BCUT2D eigenvalue weighted by atomic mass is 10.1. The van der Waals surface area contributed by atoms with Crippen LogP contribution in [0, 0.1) is 0 Å². The van der Waals surface area contributed by atoms with E-state index in [1.54, 1.807) is 18.2 Å². The van der Waals surface area contributed by atoms with Crippen LogP contribution in [0.3, 0.4) is 0 Å². The molecule has 0 saturated heterocycles. The normalized spacial score (nSPS) is 15.9. The third kappa shape index (κ3) is 3.63. The fourth-order valence-corrected chi connectivity index (χ4v) is 2.16. The first-order valence-corrected chi connectivity index (χ1v) is 6.20. The average molecular weight is 288 g/mol. The molecule has 110 valence electrons. The Hall–Kier alpha value is -1.76. The predicted octanol–water partition coefficient (Wildman–Crippen LogP) is 2.47. The van der Waals surface area contributed by atoms with E-state index in [9.17, 15) is 18.0 Å². The molecule has 0 bridgehead atoms. The summed E-state index contributed by atoms with van der Waals surface area (Å²) in [4.78, 5) is 13.2. The Morgan fingerprint density at radius 3 is 2.75 bits per heavy atom. The van der Waals surface area contributed by atoms with Gasteiger partial charge in [0.05, 0.1) is 0 Å². The summed E-state index contributed by atoms with van der Waals surface area (Å²) in [7, 11) is 0. The Labute approximate surface area is 114 Å². The van der Waals surface area contributed by atoms with Crippen molar-refractivity contribution in [2.75, 3.05) is 24.0 Å². The molecule has 0 aromatic heterocycles. The molecule has 1 aliphatic rings. The van der Waals surface area contributed by atoms with Crippen molar-refractivity contribution in [1.29, 1.82) is 0 Å². The monoisotopic (exact) mass is 288 g/mol. The number of hydrogen-bond donors (Lipinski definition) is 1. The first-order valence-electron chi connectivity index (χ1n) is 6.20. The van der Waals surface area contributed by atoms with Crippen molar-refractivity contribution in [3.05, 3.63) is 23.8 Å². The predicted molar refractivity (Wildman–Crippen MR) is 68.2 cm³/mol. The quantitative estimate of drug-likeness (QED) is 0.869. The number of aryl methyl sites for hydroxylation is 1. The second-order valence-corrected chi connectivity index (χ2v) is 4.66. The van der Waals surface area contributed by atoms with Crippen molar-refractivity contribution < 1.29 is 22.7 Å². The third-order valence-corrected chi connectivity index (χ3v) is 3.02. The van der Waals surface area contributed by atoms with Crippen LogP contribution >= 0.6 is 0 Å². The SMILES string of the molecule is Nc1ccc2c(c1)CCCC(=O)N2COCC(F)(F)F. The number of rotatable bonds is 3. The van der Waals surface area contributed by atoms with Crippen LogP contribution in [0.1, 0.15) is 18.4 Å². The van der Waals surface area contributed by atoms with Gasteiger partial charge in [-0.05, 0) is 36.6 Å². The van der Waals surface area contributed by atoms with Crippen molar-refractivity contribution in [1.82, 2.24) is 0 Å². The summed E-state index contributed by atoms with van der Waals surface area (Å²) in [5, 5.41) is 0. The Morgan fingerprint density at radius 2 is 2.05 bits per heavy atom. The van der Waals surface area contributed by atoms with Crippen LogP contribution in [0.5, 0.6) is 0 Å². The van der Waals surface area contributed by atoms with E-state index in [4.69, 9.17) is 5.73 Å². The van der Waals surface area contributed by atoms with E-state index in [1.165, 1.54) is 4.90 Å². The van der Waals surface area contributed by atoms with Gasteiger partial charge in [-0.3, -0.25) is 9.69 Å². The van der Waals surface area contributed by atoms with Gasteiger partial charge in [-0.2, -0.15) is 13.2 Å². The maximum absolute atomic E-state index is 12.1. The number of nitrogen functional groups attached to an aromatic ring is 1. The fourth-order valence-electron chi connectivity index (χ4n) is 2.16. The molecule has 1 heterocycles. The van der Waals surface area contributed by atoms with Gasteiger partial charge < -0.3 is 10.5 Å². The number of anilines is 2. The smallest absolute Gasteiger partial charge is 0.399 e. The van der Waals surface area contributed by atoms with E-state index in [0.717, 1.165) is 5.56 Å². The molecule has 1 amide bonds. The van der Waals surface area contributed by atoms with Gasteiger partial charge >= 0.3 is 6.18 Å². The minimum atomic E-state index is -4.40. The number of benzene rings is 1. The Bertz CT molecular complexity index is 503. The van der Waals surface area contributed by atoms with E-state index < -0.39 is 19.5 Å². The van der Waals surface area contributed by atoms with Crippen LogP contribution in [-0.4, -0.2) is 25.4 Å². The van der Waals surface area contributed by atoms with Crippen molar-refractivity contribution in [3.63, 3.8) is 0 Å². The van der Waals surface area contributed by atoms with Crippen molar-refractivity contribution in [2.45, 2.75) is 25.4 Å². The highest BCUT2D eigenvalue weighted by atomic mass is 19.4. The Kier molecular flexibility index (Phi) is 4.17. The first-order chi connectivity index (χ1) is 9.37. The highest BCUT2D eigenvalue weighted by Gasteiger charge is 2.29. The zero-order valence-corrected chi connectivity index (χ0v) is 10.7. The zero-order chi connectivity index (χ0) is 14.8. The maximum atomic E-state index is 12.1. The van der Waals surface area contributed by atoms with E-state index >= 15 is 0 Å². The first kappa shape index (κ1) is 14.6. The Morgan fingerprint density at radius 1 is 1.30 bits per heavy atom. The van der Waals surface area contributed by atoms with Crippen LogP contribution < -0.4 is 10.6 Å². The number of fused-ring (bicyclic) bond motifs is 1. The van der Waals surface area contributed by atoms with Gasteiger partial charge in [0.25, 0.3) is 0 Å². The molecular weight excluding hydrogens is 273 g/mol. The summed E-state index contributed by atoms with van der Waals surface area (Å²) in [5.41, 5.74) is 7.68. The molecule has 1 aromatic carbocycles. The lowest BCUT2D eigenvalue weighted by Gasteiger charge is -2.23. The second-order valence-electron chi connectivity index (χ2n) is 4.66. The molecule has 1 aliphatic heterocycles. The van der Waals surface area contributed by atoms with Gasteiger partial charge in [0, 0.05) is 17.8 Å². The molecule has 2 rings (SSSR count). The highest BCUT2D eigenvalue weighted by Crippen LogP contribution is 2.29. The number of alkyl halides is 3. The number of carbonyl (C=O) groups excluding carboxylic acids is 1.